The summed E-state index contributed by atoms with van der Waals surface area (Å²) in [7, 11) is 0. The molecule has 0 saturated carbocycles. The van der Waals surface area contributed by atoms with Gasteiger partial charge in [-0.3, -0.25) is 4.98 Å². The van der Waals surface area contributed by atoms with Crippen molar-refractivity contribution < 1.29 is 14.3 Å². The lowest BCUT2D eigenvalue weighted by Crippen LogP contribution is -2.38. The van der Waals surface area contributed by atoms with Gasteiger partial charge in [-0.1, -0.05) is 32.0 Å². The van der Waals surface area contributed by atoms with E-state index >= 15 is 0 Å². The Balaban J connectivity index is 1.44. The molecule has 3 heterocycles. The first-order valence-electron chi connectivity index (χ1n) is 10.1. The van der Waals surface area contributed by atoms with Crippen molar-refractivity contribution in [3.8, 4) is 11.5 Å². The molecule has 9 heteroatoms. The second-order valence-corrected chi connectivity index (χ2v) is 7.57. The predicted molar refractivity (Wildman–Crippen MR) is 115 cm³/mol. The summed E-state index contributed by atoms with van der Waals surface area (Å²) in [4.78, 5) is 30.9. The van der Waals surface area contributed by atoms with Gasteiger partial charge in [0.15, 0.2) is 0 Å². The zero-order valence-electron chi connectivity index (χ0n) is 17.6. The Morgan fingerprint density at radius 2 is 1.87 bits per heavy atom. The minimum absolute atomic E-state index is 0.112. The number of aromatic nitrogens is 4. The number of hydrogen-bond donors (Lipinski definition) is 1. The van der Waals surface area contributed by atoms with E-state index in [1.165, 1.54) is 11.2 Å². The fourth-order valence-electron chi connectivity index (χ4n) is 3.23. The quantitative estimate of drug-likeness (QED) is 0.606. The molecule has 160 valence electrons. The van der Waals surface area contributed by atoms with E-state index in [4.69, 9.17) is 9.47 Å². The summed E-state index contributed by atoms with van der Waals surface area (Å²) in [5, 5.41) is 3.21. The lowest BCUT2D eigenvalue weighted by atomic mass is 10.1. The standard InChI is InChI=1S/C22H24N6O3/c1-14(2)19-12-30-22(29)28(19)21-25-13-24-20(27-21)26-15(3)18-10-9-17(11-23-18)31-16-7-5-4-6-8-16/h4-11,13-15,19H,12H2,1-3H3,(H,24,25,26,27)/t15-,19+/m0/s1. The minimum atomic E-state index is -0.445. The molecule has 1 aliphatic heterocycles. The Bertz CT molecular complexity index is 1030. The summed E-state index contributed by atoms with van der Waals surface area (Å²) < 4.78 is 11.0. The van der Waals surface area contributed by atoms with E-state index in [2.05, 4.69) is 25.3 Å². The summed E-state index contributed by atoms with van der Waals surface area (Å²) in [6.07, 6.45) is 2.61. The van der Waals surface area contributed by atoms with Crippen LogP contribution in [0.3, 0.4) is 0 Å². The number of para-hydroxylation sites is 1. The summed E-state index contributed by atoms with van der Waals surface area (Å²) in [6, 6.07) is 13.0. The third-order valence-corrected chi connectivity index (χ3v) is 4.98. The van der Waals surface area contributed by atoms with Crippen molar-refractivity contribution in [1.82, 2.24) is 19.9 Å². The van der Waals surface area contributed by atoms with Gasteiger partial charge < -0.3 is 14.8 Å². The molecule has 2 atom stereocenters. The number of rotatable bonds is 7. The second kappa shape index (κ2) is 8.95. The zero-order valence-corrected chi connectivity index (χ0v) is 17.6. The van der Waals surface area contributed by atoms with Crippen LogP contribution in [0.5, 0.6) is 11.5 Å². The molecule has 0 spiro atoms. The van der Waals surface area contributed by atoms with Crippen LogP contribution in [-0.2, 0) is 4.74 Å². The molecule has 3 aromatic rings. The molecule has 0 radical (unpaired) electrons. The smallest absolute Gasteiger partial charge is 0.417 e. The van der Waals surface area contributed by atoms with Gasteiger partial charge in [0.2, 0.25) is 11.9 Å². The van der Waals surface area contributed by atoms with Crippen molar-refractivity contribution in [1.29, 1.82) is 0 Å². The first kappa shape index (κ1) is 20.5. The van der Waals surface area contributed by atoms with Crippen LogP contribution in [0.1, 0.15) is 32.5 Å². The van der Waals surface area contributed by atoms with E-state index in [0.717, 1.165) is 11.4 Å². The SMILES string of the molecule is CC(C)[C@H]1COC(=O)N1c1ncnc(N[C@@H](C)c2ccc(Oc3ccccc3)cn2)n1. The Kier molecular flexibility index (Phi) is 5.92. The average Bonchev–Trinajstić information content (AvgIpc) is 3.17. The van der Waals surface area contributed by atoms with Gasteiger partial charge in [-0.2, -0.15) is 4.98 Å². The number of ether oxygens (including phenoxy) is 2. The highest BCUT2D eigenvalue weighted by molar-refractivity contribution is 5.88. The molecule has 1 aromatic carbocycles. The van der Waals surface area contributed by atoms with Gasteiger partial charge >= 0.3 is 6.09 Å². The maximum atomic E-state index is 12.2. The summed E-state index contributed by atoms with van der Waals surface area (Å²) in [6.45, 7) is 6.32. The van der Waals surface area contributed by atoms with Crippen LogP contribution in [0, 0.1) is 5.92 Å². The third-order valence-electron chi connectivity index (χ3n) is 4.98. The summed E-state index contributed by atoms with van der Waals surface area (Å²) in [5.41, 5.74) is 0.794. The van der Waals surface area contributed by atoms with Crippen molar-refractivity contribution in [3.63, 3.8) is 0 Å². The normalized spacial score (nSPS) is 16.8. The van der Waals surface area contributed by atoms with E-state index in [1.54, 1.807) is 6.20 Å². The van der Waals surface area contributed by atoms with Crippen LogP contribution in [0.15, 0.2) is 55.0 Å². The molecule has 1 amide bonds. The lowest BCUT2D eigenvalue weighted by Gasteiger charge is -2.22. The monoisotopic (exact) mass is 420 g/mol. The van der Waals surface area contributed by atoms with E-state index in [0.29, 0.717) is 18.3 Å². The molecule has 0 unspecified atom stereocenters. The molecule has 9 nitrogen and oxygen atoms in total. The Hall–Kier alpha value is -3.75. The molecule has 1 saturated heterocycles. The van der Waals surface area contributed by atoms with Gasteiger partial charge in [0.1, 0.15) is 24.4 Å². The van der Waals surface area contributed by atoms with Crippen LogP contribution in [0.2, 0.25) is 0 Å². The molecule has 1 aliphatic rings. The fourth-order valence-corrected chi connectivity index (χ4v) is 3.23. The van der Waals surface area contributed by atoms with E-state index in [9.17, 15) is 4.79 Å². The van der Waals surface area contributed by atoms with Gasteiger partial charge in [-0.25, -0.2) is 19.7 Å². The van der Waals surface area contributed by atoms with Crippen LogP contribution >= 0.6 is 0 Å². The topological polar surface area (TPSA) is 102 Å². The number of cyclic esters (lactones) is 1. The highest BCUT2D eigenvalue weighted by Gasteiger charge is 2.38. The maximum absolute atomic E-state index is 12.2. The molecule has 31 heavy (non-hydrogen) atoms. The molecule has 0 aliphatic carbocycles. The highest BCUT2D eigenvalue weighted by Crippen LogP contribution is 2.26. The van der Waals surface area contributed by atoms with Crippen molar-refractivity contribution in [3.05, 3.63) is 60.7 Å². The molecule has 1 N–H and O–H groups in total. The minimum Gasteiger partial charge on any atom is -0.456 e. The Morgan fingerprint density at radius 1 is 1.06 bits per heavy atom. The average molecular weight is 420 g/mol. The number of amides is 1. The van der Waals surface area contributed by atoms with Gasteiger partial charge in [-0.05, 0) is 37.1 Å². The molecule has 4 rings (SSSR count). The lowest BCUT2D eigenvalue weighted by molar-refractivity contribution is 0.177. The van der Waals surface area contributed by atoms with Crippen molar-refractivity contribution in [2.75, 3.05) is 16.8 Å². The number of carbonyl (C=O) groups is 1. The van der Waals surface area contributed by atoms with Crippen LogP contribution in [0.4, 0.5) is 16.7 Å². The summed E-state index contributed by atoms with van der Waals surface area (Å²) >= 11 is 0. The molecule has 0 bridgehead atoms. The van der Waals surface area contributed by atoms with E-state index in [1.807, 2.05) is 63.2 Å². The fraction of sp³-hybridized carbons (Fsp3) is 0.318. The Morgan fingerprint density at radius 3 is 2.58 bits per heavy atom. The van der Waals surface area contributed by atoms with Crippen LogP contribution in [-0.4, -0.2) is 38.7 Å². The van der Waals surface area contributed by atoms with Crippen molar-refractivity contribution in [2.24, 2.45) is 5.92 Å². The number of anilines is 2. The van der Waals surface area contributed by atoms with Gasteiger partial charge in [0.05, 0.1) is 24.0 Å². The number of nitrogens with one attached hydrogen (secondary N) is 1. The molecule has 1 fully saturated rings. The van der Waals surface area contributed by atoms with Crippen LogP contribution < -0.4 is 15.0 Å². The zero-order chi connectivity index (χ0) is 21.8. The molecular weight excluding hydrogens is 396 g/mol. The van der Waals surface area contributed by atoms with Gasteiger partial charge in [-0.15, -0.1) is 0 Å². The van der Waals surface area contributed by atoms with Crippen LogP contribution in [0.25, 0.3) is 0 Å². The first-order chi connectivity index (χ1) is 15.0. The largest absolute Gasteiger partial charge is 0.456 e. The molecule has 2 aromatic heterocycles. The maximum Gasteiger partial charge on any atom is 0.417 e. The van der Waals surface area contributed by atoms with Gasteiger partial charge in [0, 0.05) is 0 Å². The number of nitrogens with zero attached hydrogens (tertiary/aromatic N) is 5. The van der Waals surface area contributed by atoms with Crippen molar-refractivity contribution >= 4 is 18.0 Å². The van der Waals surface area contributed by atoms with Gasteiger partial charge in [0.25, 0.3) is 0 Å². The predicted octanol–water partition coefficient (Wildman–Crippen LogP) is 4.21. The van der Waals surface area contributed by atoms with E-state index < -0.39 is 6.09 Å². The number of carbonyl (C=O) groups excluding carboxylic acids is 1. The number of pyridine rings is 1. The highest BCUT2D eigenvalue weighted by atomic mass is 16.6. The summed E-state index contributed by atoms with van der Waals surface area (Å²) in [5.74, 6) is 2.23. The Labute approximate surface area is 180 Å². The second-order valence-electron chi connectivity index (χ2n) is 7.57. The van der Waals surface area contributed by atoms with Crippen molar-refractivity contribution in [2.45, 2.75) is 32.9 Å². The number of hydrogen-bond acceptors (Lipinski definition) is 8. The first-order valence-corrected chi connectivity index (χ1v) is 10.1. The number of benzene rings is 1. The molecular formula is C22H24N6O3. The van der Waals surface area contributed by atoms with E-state index in [-0.39, 0.29) is 23.9 Å². The third kappa shape index (κ3) is 4.71.